The first-order chi connectivity index (χ1) is 16.5. The van der Waals surface area contributed by atoms with Crippen LogP contribution in [-0.2, 0) is 14.6 Å². The summed E-state index contributed by atoms with van der Waals surface area (Å²) < 4.78 is 35.5. The van der Waals surface area contributed by atoms with Gasteiger partial charge in [0.1, 0.15) is 0 Å². The Balaban J connectivity index is 3.59. The van der Waals surface area contributed by atoms with Crippen LogP contribution in [0.2, 0.25) is 0 Å². The standard InChI is InChI=1S/C29H60O4S/c1-3-5-7-9-11-12-13-14-15-16-17-18-19-20-21-23-25-27-29(28-33-34(30,31)32)26-24-22-10-8-6-4-2/h29H,3-28H2,1-2H3,(H,30,31,32). The Morgan fingerprint density at radius 3 is 1.03 bits per heavy atom. The third-order valence-corrected chi connectivity index (χ3v) is 7.57. The predicted molar refractivity (Wildman–Crippen MR) is 148 cm³/mol. The van der Waals surface area contributed by atoms with Gasteiger partial charge in [0, 0.05) is 0 Å². The van der Waals surface area contributed by atoms with Gasteiger partial charge in [0.15, 0.2) is 0 Å². The van der Waals surface area contributed by atoms with E-state index in [1.54, 1.807) is 0 Å². The van der Waals surface area contributed by atoms with Crippen molar-refractivity contribution in [2.24, 2.45) is 5.92 Å². The van der Waals surface area contributed by atoms with Crippen LogP contribution in [0, 0.1) is 5.92 Å². The van der Waals surface area contributed by atoms with Crippen LogP contribution in [0.5, 0.6) is 0 Å². The van der Waals surface area contributed by atoms with Crippen molar-refractivity contribution < 1.29 is 17.2 Å². The minimum Gasteiger partial charge on any atom is -0.264 e. The normalized spacial score (nSPS) is 12.9. The second-order valence-electron chi connectivity index (χ2n) is 10.6. The first-order valence-corrected chi connectivity index (χ1v) is 16.5. The molecule has 0 aromatic carbocycles. The Morgan fingerprint density at radius 1 is 0.500 bits per heavy atom. The molecule has 5 heteroatoms. The third-order valence-electron chi connectivity index (χ3n) is 7.13. The maximum Gasteiger partial charge on any atom is 0.397 e. The van der Waals surface area contributed by atoms with E-state index in [2.05, 4.69) is 13.8 Å². The summed E-state index contributed by atoms with van der Waals surface area (Å²) in [5.41, 5.74) is 0. The molecule has 0 aliphatic carbocycles. The molecular formula is C29H60O4S. The largest absolute Gasteiger partial charge is 0.397 e. The molecule has 0 aromatic heterocycles. The number of hydrogen-bond acceptors (Lipinski definition) is 3. The van der Waals surface area contributed by atoms with E-state index in [0.717, 1.165) is 25.7 Å². The Hall–Kier alpha value is -0.130. The summed E-state index contributed by atoms with van der Waals surface area (Å²) in [6, 6.07) is 0. The summed E-state index contributed by atoms with van der Waals surface area (Å²) >= 11 is 0. The number of hydrogen-bond donors (Lipinski definition) is 1. The predicted octanol–water partition coefficient (Wildman–Crippen LogP) is 10.2. The van der Waals surface area contributed by atoms with Gasteiger partial charge in [0.2, 0.25) is 0 Å². The van der Waals surface area contributed by atoms with E-state index in [1.807, 2.05) is 0 Å². The van der Waals surface area contributed by atoms with E-state index in [9.17, 15) is 8.42 Å². The van der Waals surface area contributed by atoms with Crippen LogP contribution in [0.4, 0.5) is 0 Å². The van der Waals surface area contributed by atoms with Crippen molar-refractivity contribution in [3.8, 4) is 0 Å². The molecule has 0 aromatic rings. The van der Waals surface area contributed by atoms with E-state index in [0.29, 0.717) is 0 Å². The van der Waals surface area contributed by atoms with E-state index in [-0.39, 0.29) is 12.5 Å². The van der Waals surface area contributed by atoms with Gasteiger partial charge in [-0.15, -0.1) is 0 Å². The van der Waals surface area contributed by atoms with Gasteiger partial charge in [0.25, 0.3) is 0 Å². The maximum absolute atomic E-state index is 11.0. The maximum atomic E-state index is 11.0. The van der Waals surface area contributed by atoms with E-state index in [1.165, 1.54) is 135 Å². The van der Waals surface area contributed by atoms with Crippen molar-refractivity contribution in [2.45, 2.75) is 174 Å². The van der Waals surface area contributed by atoms with Crippen LogP contribution < -0.4 is 0 Å². The second kappa shape index (κ2) is 25.9. The van der Waals surface area contributed by atoms with Gasteiger partial charge in [-0.2, -0.15) is 8.42 Å². The highest BCUT2D eigenvalue weighted by Gasteiger charge is 2.13. The van der Waals surface area contributed by atoms with Crippen molar-refractivity contribution in [2.75, 3.05) is 6.61 Å². The van der Waals surface area contributed by atoms with Crippen LogP contribution in [0.15, 0.2) is 0 Å². The van der Waals surface area contributed by atoms with Gasteiger partial charge in [-0.05, 0) is 18.8 Å². The molecule has 0 aliphatic rings. The lowest BCUT2D eigenvalue weighted by atomic mass is 9.95. The van der Waals surface area contributed by atoms with Crippen molar-refractivity contribution in [1.29, 1.82) is 0 Å². The van der Waals surface area contributed by atoms with Crippen LogP contribution in [-0.4, -0.2) is 19.6 Å². The highest BCUT2D eigenvalue weighted by Crippen LogP contribution is 2.21. The minimum atomic E-state index is -4.32. The van der Waals surface area contributed by atoms with Crippen molar-refractivity contribution in [3.63, 3.8) is 0 Å². The SMILES string of the molecule is CCCCCCCCCCCCCCCCCCCC(CCCCCCCC)COS(=O)(=O)O. The van der Waals surface area contributed by atoms with Crippen LogP contribution in [0.1, 0.15) is 174 Å². The summed E-state index contributed by atoms with van der Waals surface area (Å²) in [4.78, 5) is 0. The number of rotatable bonds is 28. The van der Waals surface area contributed by atoms with Crippen molar-refractivity contribution in [1.82, 2.24) is 0 Å². The molecule has 0 fully saturated rings. The Morgan fingerprint density at radius 2 is 0.765 bits per heavy atom. The molecule has 0 amide bonds. The summed E-state index contributed by atoms with van der Waals surface area (Å²) in [6.07, 6.45) is 32.7. The van der Waals surface area contributed by atoms with Crippen LogP contribution in [0.3, 0.4) is 0 Å². The highest BCUT2D eigenvalue weighted by atomic mass is 32.3. The van der Waals surface area contributed by atoms with E-state index in [4.69, 9.17) is 8.74 Å². The van der Waals surface area contributed by atoms with Gasteiger partial charge >= 0.3 is 10.4 Å². The zero-order chi connectivity index (χ0) is 25.2. The quantitative estimate of drug-likeness (QED) is 0.0850. The van der Waals surface area contributed by atoms with Gasteiger partial charge in [-0.3, -0.25) is 4.55 Å². The van der Waals surface area contributed by atoms with E-state index >= 15 is 0 Å². The van der Waals surface area contributed by atoms with E-state index < -0.39 is 10.4 Å². The molecule has 0 bridgehead atoms. The number of unbranched alkanes of at least 4 members (excludes halogenated alkanes) is 21. The molecule has 0 spiro atoms. The molecule has 206 valence electrons. The van der Waals surface area contributed by atoms with Crippen LogP contribution in [0.25, 0.3) is 0 Å². The lowest BCUT2D eigenvalue weighted by Gasteiger charge is -2.16. The Labute approximate surface area is 214 Å². The topological polar surface area (TPSA) is 63.6 Å². The summed E-state index contributed by atoms with van der Waals surface area (Å²) in [5, 5.41) is 0. The monoisotopic (exact) mass is 504 g/mol. The molecule has 0 saturated heterocycles. The van der Waals surface area contributed by atoms with Crippen molar-refractivity contribution >= 4 is 10.4 Å². The molecule has 4 nitrogen and oxygen atoms in total. The lowest BCUT2D eigenvalue weighted by Crippen LogP contribution is -2.14. The fourth-order valence-electron chi connectivity index (χ4n) is 4.86. The Kier molecular flexibility index (Phi) is 25.8. The first-order valence-electron chi connectivity index (χ1n) is 15.1. The highest BCUT2D eigenvalue weighted by molar-refractivity contribution is 7.80. The molecule has 0 saturated carbocycles. The van der Waals surface area contributed by atoms with Gasteiger partial charge < -0.3 is 0 Å². The summed E-state index contributed by atoms with van der Waals surface area (Å²) in [7, 11) is -4.32. The first kappa shape index (κ1) is 33.9. The molecular weight excluding hydrogens is 444 g/mol. The Bertz CT molecular complexity index is 492. The lowest BCUT2D eigenvalue weighted by molar-refractivity contribution is 0.204. The third kappa shape index (κ3) is 28.1. The summed E-state index contributed by atoms with van der Waals surface area (Å²) in [6.45, 7) is 4.64. The molecule has 34 heavy (non-hydrogen) atoms. The molecule has 0 heterocycles. The van der Waals surface area contributed by atoms with Gasteiger partial charge in [-0.1, -0.05) is 162 Å². The average molecular weight is 505 g/mol. The molecule has 0 aliphatic heterocycles. The molecule has 1 unspecified atom stereocenters. The van der Waals surface area contributed by atoms with Gasteiger partial charge in [0.05, 0.1) is 6.61 Å². The smallest absolute Gasteiger partial charge is 0.264 e. The second-order valence-corrected chi connectivity index (χ2v) is 11.7. The summed E-state index contributed by atoms with van der Waals surface area (Å²) in [5.74, 6) is 0.240. The van der Waals surface area contributed by atoms with Crippen LogP contribution >= 0.6 is 0 Å². The molecule has 0 radical (unpaired) electrons. The zero-order valence-electron chi connectivity index (χ0n) is 23.0. The zero-order valence-corrected chi connectivity index (χ0v) is 23.9. The average Bonchev–Trinajstić information content (AvgIpc) is 2.80. The van der Waals surface area contributed by atoms with Crippen molar-refractivity contribution in [3.05, 3.63) is 0 Å². The van der Waals surface area contributed by atoms with Gasteiger partial charge in [-0.25, -0.2) is 4.18 Å². The minimum absolute atomic E-state index is 0.132. The fraction of sp³-hybridized carbons (Fsp3) is 1.00. The molecule has 1 atom stereocenters. The fourth-order valence-corrected chi connectivity index (χ4v) is 5.23. The molecule has 1 N–H and O–H groups in total. The molecule has 0 rings (SSSR count).